The van der Waals surface area contributed by atoms with Crippen molar-refractivity contribution in [3.8, 4) is 0 Å². The number of anilines is 1. The molecular weight excluding hydrogens is 257 g/mol. The Bertz CT molecular complexity index is 392. The van der Waals surface area contributed by atoms with Gasteiger partial charge in [-0.2, -0.15) is 13.2 Å². The summed E-state index contributed by atoms with van der Waals surface area (Å²) < 4.78 is 39.0. The SMILES string of the molecule is CCC(CC)N(CCO)c1ncccc1C(F)(F)F. The fourth-order valence-corrected chi connectivity index (χ4v) is 2.15. The van der Waals surface area contributed by atoms with E-state index in [-0.39, 0.29) is 25.0 Å². The lowest BCUT2D eigenvalue weighted by Crippen LogP contribution is -2.38. The molecule has 0 saturated carbocycles. The molecule has 1 N–H and O–H groups in total. The Morgan fingerprint density at radius 3 is 2.42 bits per heavy atom. The molecule has 108 valence electrons. The Kier molecular flexibility index (Phi) is 5.60. The zero-order valence-corrected chi connectivity index (χ0v) is 11.1. The molecule has 0 aliphatic heterocycles. The van der Waals surface area contributed by atoms with E-state index in [1.807, 2.05) is 13.8 Å². The van der Waals surface area contributed by atoms with Crippen molar-refractivity contribution in [3.63, 3.8) is 0 Å². The van der Waals surface area contributed by atoms with Crippen molar-refractivity contribution in [3.05, 3.63) is 23.9 Å². The highest BCUT2D eigenvalue weighted by Crippen LogP contribution is 2.36. The molecule has 19 heavy (non-hydrogen) atoms. The van der Waals surface area contributed by atoms with Crippen LogP contribution in [0.2, 0.25) is 0 Å². The molecule has 0 aromatic carbocycles. The molecule has 1 aromatic heterocycles. The second-order valence-electron chi connectivity index (χ2n) is 4.26. The van der Waals surface area contributed by atoms with E-state index in [4.69, 9.17) is 5.11 Å². The smallest absolute Gasteiger partial charge is 0.395 e. The molecule has 0 aliphatic carbocycles. The van der Waals surface area contributed by atoms with Crippen LogP contribution in [0.5, 0.6) is 0 Å². The third kappa shape index (κ3) is 3.83. The summed E-state index contributed by atoms with van der Waals surface area (Å²) >= 11 is 0. The number of pyridine rings is 1. The van der Waals surface area contributed by atoms with Crippen LogP contribution in [-0.4, -0.2) is 29.3 Å². The molecule has 6 heteroatoms. The first kappa shape index (κ1) is 15.8. The molecule has 0 radical (unpaired) electrons. The Labute approximate surface area is 111 Å². The summed E-state index contributed by atoms with van der Waals surface area (Å²) in [6.45, 7) is 3.76. The normalized spacial score (nSPS) is 11.9. The first-order valence-corrected chi connectivity index (χ1v) is 6.35. The van der Waals surface area contributed by atoms with Gasteiger partial charge in [0, 0.05) is 18.8 Å². The molecule has 0 saturated heterocycles. The topological polar surface area (TPSA) is 36.4 Å². The molecule has 0 fully saturated rings. The monoisotopic (exact) mass is 276 g/mol. The van der Waals surface area contributed by atoms with Gasteiger partial charge in [0.2, 0.25) is 0 Å². The van der Waals surface area contributed by atoms with Crippen molar-refractivity contribution in [1.29, 1.82) is 0 Å². The summed E-state index contributed by atoms with van der Waals surface area (Å²) in [7, 11) is 0. The van der Waals surface area contributed by atoms with Gasteiger partial charge in [0.15, 0.2) is 0 Å². The Morgan fingerprint density at radius 1 is 1.32 bits per heavy atom. The number of hydrogen-bond acceptors (Lipinski definition) is 3. The molecule has 0 atom stereocenters. The fraction of sp³-hybridized carbons (Fsp3) is 0.615. The van der Waals surface area contributed by atoms with Gasteiger partial charge in [-0.3, -0.25) is 0 Å². The van der Waals surface area contributed by atoms with Gasteiger partial charge in [-0.05, 0) is 25.0 Å². The van der Waals surface area contributed by atoms with Crippen molar-refractivity contribution in [1.82, 2.24) is 4.98 Å². The average Bonchev–Trinajstić information content (AvgIpc) is 2.38. The zero-order valence-electron chi connectivity index (χ0n) is 11.1. The summed E-state index contributed by atoms with van der Waals surface area (Å²) in [6.07, 6.45) is -1.70. The number of aliphatic hydroxyl groups excluding tert-OH is 1. The van der Waals surface area contributed by atoms with Gasteiger partial charge >= 0.3 is 6.18 Å². The van der Waals surface area contributed by atoms with Gasteiger partial charge < -0.3 is 10.0 Å². The molecular formula is C13H19F3N2O. The van der Waals surface area contributed by atoms with E-state index in [0.717, 1.165) is 6.07 Å². The van der Waals surface area contributed by atoms with Crippen LogP contribution in [0, 0.1) is 0 Å². The van der Waals surface area contributed by atoms with Crippen LogP contribution < -0.4 is 4.90 Å². The van der Waals surface area contributed by atoms with Crippen molar-refractivity contribution < 1.29 is 18.3 Å². The van der Waals surface area contributed by atoms with Gasteiger partial charge in [0.25, 0.3) is 0 Å². The third-order valence-electron chi connectivity index (χ3n) is 3.09. The van der Waals surface area contributed by atoms with Gasteiger partial charge in [-0.25, -0.2) is 4.98 Å². The van der Waals surface area contributed by atoms with Crippen molar-refractivity contribution in [2.24, 2.45) is 0 Å². The summed E-state index contributed by atoms with van der Waals surface area (Å²) in [4.78, 5) is 5.42. The van der Waals surface area contributed by atoms with Crippen LogP contribution in [0.4, 0.5) is 19.0 Å². The van der Waals surface area contributed by atoms with Gasteiger partial charge in [0.05, 0.1) is 12.2 Å². The highest BCUT2D eigenvalue weighted by molar-refractivity contribution is 5.49. The van der Waals surface area contributed by atoms with Crippen LogP contribution in [0.1, 0.15) is 32.3 Å². The van der Waals surface area contributed by atoms with Gasteiger partial charge in [-0.15, -0.1) is 0 Å². The minimum atomic E-state index is -4.44. The zero-order chi connectivity index (χ0) is 14.5. The number of nitrogens with zero attached hydrogens (tertiary/aromatic N) is 2. The molecule has 0 spiro atoms. The summed E-state index contributed by atoms with van der Waals surface area (Å²) in [5, 5.41) is 9.08. The molecule has 1 rings (SSSR count). The number of rotatable bonds is 6. The van der Waals surface area contributed by atoms with E-state index in [0.29, 0.717) is 12.8 Å². The highest BCUT2D eigenvalue weighted by atomic mass is 19.4. The van der Waals surface area contributed by atoms with Crippen LogP contribution in [-0.2, 0) is 6.18 Å². The van der Waals surface area contributed by atoms with E-state index < -0.39 is 11.7 Å². The number of halogens is 3. The minimum Gasteiger partial charge on any atom is -0.395 e. The Morgan fingerprint density at radius 2 is 1.95 bits per heavy atom. The average molecular weight is 276 g/mol. The first-order chi connectivity index (χ1) is 8.95. The number of alkyl halides is 3. The van der Waals surface area contributed by atoms with Crippen LogP contribution in [0.25, 0.3) is 0 Å². The molecule has 1 heterocycles. The minimum absolute atomic E-state index is 0.0665. The lowest BCUT2D eigenvalue weighted by molar-refractivity contribution is -0.137. The first-order valence-electron chi connectivity index (χ1n) is 6.35. The summed E-state index contributed by atoms with van der Waals surface area (Å²) in [5.41, 5.74) is -0.754. The van der Waals surface area contributed by atoms with Crippen LogP contribution >= 0.6 is 0 Å². The second kappa shape index (κ2) is 6.75. The maximum absolute atomic E-state index is 13.0. The standard InChI is InChI=1S/C13H19F3N2O/c1-3-10(4-2)18(8-9-19)12-11(13(14,15)16)6-5-7-17-12/h5-7,10,19H,3-4,8-9H2,1-2H3. The van der Waals surface area contributed by atoms with E-state index in [1.54, 1.807) is 4.90 Å². The van der Waals surface area contributed by atoms with Gasteiger partial charge in [-0.1, -0.05) is 13.8 Å². The molecule has 1 aromatic rings. The summed E-state index contributed by atoms with van der Waals surface area (Å²) in [5.74, 6) is -0.0993. The lowest BCUT2D eigenvalue weighted by Gasteiger charge is -2.32. The molecule has 0 amide bonds. The van der Waals surface area contributed by atoms with E-state index in [9.17, 15) is 13.2 Å². The Hall–Kier alpha value is -1.30. The summed E-state index contributed by atoms with van der Waals surface area (Å²) in [6, 6.07) is 2.23. The van der Waals surface area contributed by atoms with Crippen LogP contribution in [0.15, 0.2) is 18.3 Å². The largest absolute Gasteiger partial charge is 0.419 e. The van der Waals surface area contributed by atoms with E-state index in [1.165, 1.54) is 12.3 Å². The number of aromatic nitrogens is 1. The highest BCUT2D eigenvalue weighted by Gasteiger charge is 2.36. The van der Waals surface area contributed by atoms with Crippen molar-refractivity contribution >= 4 is 5.82 Å². The predicted octanol–water partition coefficient (Wildman–Crippen LogP) is 3.09. The number of aliphatic hydroxyl groups is 1. The van der Waals surface area contributed by atoms with Crippen molar-refractivity contribution in [2.45, 2.75) is 38.9 Å². The quantitative estimate of drug-likeness (QED) is 0.867. The van der Waals surface area contributed by atoms with Gasteiger partial charge in [0.1, 0.15) is 5.82 Å². The molecule has 0 bridgehead atoms. The third-order valence-corrected chi connectivity index (χ3v) is 3.09. The second-order valence-corrected chi connectivity index (χ2v) is 4.26. The van der Waals surface area contributed by atoms with E-state index in [2.05, 4.69) is 4.98 Å². The Balaban J connectivity index is 3.22. The van der Waals surface area contributed by atoms with Crippen molar-refractivity contribution in [2.75, 3.05) is 18.1 Å². The van der Waals surface area contributed by atoms with E-state index >= 15 is 0 Å². The maximum atomic E-state index is 13.0. The molecule has 3 nitrogen and oxygen atoms in total. The maximum Gasteiger partial charge on any atom is 0.419 e. The number of hydrogen-bond donors (Lipinski definition) is 1. The lowest BCUT2D eigenvalue weighted by atomic mass is 10.1. The van der Waals surface area contributed by atoms with Crippen LogP contribution in [0.3, 0.4) is 0 Å². The predicted molar refractivity (Wildman–Crippen MR) is 68.0 cm³/mol. The fourth-order valence-electron chi connectivity index (χ4n) is 2.15. The molecule has 0 unspecified atom stereocenters. The molecule has 0 aliphatic rings.